The maximum absolute atomic E-state index is 13.5. The molecule has 0 aliphatic rings. The minimum absolute atomic E-state index is 0.175. The van der Waals surface area contributed by atoms with E-state index in [1.54, 1.807) is 14.1 Å². The first-order valence-corrected chi connectivity index (χ1v) is 11.9. The predicted octanol–water partition coefficient (Wildman–Crippen LogP) is 6.48. The molecule has 1 N–H and O–H groups in total. The van der Waals surface area contributed by atoms with E-state index in [2.05, 4.69) is 12.6 Å². The molecule has 0 aromatic carbocycles. The average Bonchev–Trinajstić information content (AvgIpc) is 2.67. The molecule has 0 spiro atoms. The summed E-state index contributed by atoms with van der Waals surface area (Å²) in [6, 6.07) is 0. The molecule has 0 aromatic rings. The molecule has 0 aliphatic carbocycles. The van der Waals surface area contributed by atoms with E-state index < -0.39 is 42.8 Å². The number of hydrogen-bond donors (Lipinski definition) is 2. The van der Waals surface area contributed by atoms with Crippen LogP contribution in [0.3, 0.4) is 0 Å². The number of nitrogens with one attached hydrogen (secondary N) is 1. The number of nitrogens with zero attached hydrogens (tertiary/aromatic N) is 1. The van der Waals surface area contributed by atoms with Gasteiger partial charge in [-0.1, -0.05) is 38.5 Å². The van der Waals surface area contributed by atoms with E-state index in [0.29, 0.717) is 6.54 Å². The SMILES string of the molecule is C[N+](C)(CCCCCCCCCCCS)CC(=O)NCCC(F)(F)C(F)(F)C(F)(F)C(F)(F)F. The van der Waals surface area contributed by atoms with E-state index in [4.69, 9.17) is 0 Å². The van der Waals surface area contributed by atoms with Crippen LogP contribution in [0.4, 0.5) is 39.5 Å². The van der Waals surface area contributed by atoms with E-state index >= 15 is 0 Å². The Labute approximate surface area is 200 Å². The van der Waals surface area contributed by atoms with Gasteiger partial charge in [0.25, 0.3) is 5.91 Å². The number of likely N-dealkylation sites (N-methyl/N-ethyl adjacent to an activating group) is 1. The number of rotatable bonds is 18. The zero-order chi connectivity index (χ0) is 26.7. The fourth-order valence-corrected chi connectivity index (χ4v) is 3.56. The van der Waals surface area contributed by atoms with Gasteiger partial charge in [-0.3, -0.25) is 4.79 Å². The number of unbranched alkanes of at least 4 members (excludes halogenated alkanes) is 8. The van der Waals surface area contributed by atoms with Gasteiger partial charge in [0.05, 0.1) is 20.6 Å². The van der Waals surface area contributed by atoms with Crippen LogP contribution in [-0.4, -0.2) is 73.8 Å². The van der Waals surface area contributed by atoms with Gasteiger partial charge in [-0.15, -0.1) is 0 Å². The molecule has 0 aliphatic heterocycles. The van der Waals surface area contributed by atoms with Crippen molar-refractivity contribution >= 4 is 18.5 Å². The van der Waals surface area contributed by atoms with Crippen molar-refractivity contribution in [2.24, 2.45) is 0 Å². The predicted molar refractivity (Wildman–Crippen MR) is 116 cm³/mol. The number of halogens is 9. The number of amides is 1. The Morgan fingerprint density at radius 2 is 1.18 bits per heavy atom. The molecule has 204 valence electrons. The molecule has 0 aromatic heterocycles. The van der Waals surface area contributed by atoms with Crippen LogP contribution in [0, 0.1) is 0 Å². The van der Waals surface area contributed by atoms with Crippen molar-refractivity contribution in [3.8, 4) is 0 Å². The van der Waals surface area contributed by atoms with Gasteiger partial charge in [0.1, 0.15) is 0 Å². The summed E-state index contributed by atoms with van der Waals surface area (Å²) in [4.78, 5) is 11.9. The molecule has 0 radical (unpaired) electrons. The molecule has 0 atom stereocenters. The third-order valence-electron chi connectivity index (χ3n) is 5.46. The lowest BCUT2D eigenvalue weighted by Crippen LogP contribution is -2.61. The van der Waals surface area contributed by atoms with E-state index in [1.165, 1.54) is 19.3 Å². The summed E-state index contributed by atoms with van der Waals surface area (Å²) in [6.07, 6.45) is 0.755. The Hall–Kier alpha value is -0.850. The van der Waals surface area contributed by atoms with Gasteiger partial charge in [0.2, 0.25) is 0 Å². The summed E-state index contributed by atoms with van der Waals surface area (Å²) in [5, 5.41) is 1.90. The molecule has 0 bridgehead atoms. The van der Waals surface area contributed by atoms with Crippen molar-refractivity contribution < 1.29 is 48.8 Å². The normalized spacial score (nSPS) is 13.9. The second kappa shape index (κ2) is 14.0. The maximum atomic E-state index is 13.5. The van der Waals surface area contributed by atoms with E-state index in [9.17, 15) is 44.3 Å². The van der Waals surface area contributed by atoms with Crippen molar-refractivity contribution in [3.05, 3.63) is 0 Å². The maximum Gasteiger partial charge on any atom is 0.460 e. The minimum Gasteiger partial charge on any atom is -0.351 e. The van der Waals surface area contributed by atoms with Crippen molar-refractivity contribution in [1.29, 1.82) is 0 Å². The molecule has 0 saturated carbocycles. The van der Waals surface area contributed by atoms with Gasteiger partial charge in [-0.25, -0.2) is 0 Å². The van der Waals surface area contributed by atoms with Crippen LogP contribution in [0.5, 0.6) is 0 Å². The Kier molecular flexibility index (Phi) is 13.7. The highest BCUT2D eigenvalue weighted by molar-refractivity contribution is 7.80. The molecule has 0 saturated heterocycles. The summed E-state index contributed by atoms with van der Waals surface area (Å²) in [5.41, 5.74) is 0. The molecule has 0 unspecified atom stereocenters. The molecule has 1 amide bonds. The molecule has 0 rings (SSSR count). The first kappa shape index (κ1) is 33.1. The van der Waals surface area contributed by atoms with Gasteiger partial charge < -0.3 is 9.80 Å². The quantitative estimate of drug-likeness (QED) is 0.0895. The lowest BCUT2D eigenvalue weighted by molar-refractivity contribution is -0.882. The number of hydrogen-bond acceptors (Lipinski definition) is 2. The molecular formula is C21H36F9N2OS+. The second-order valence-corrected chi connectivity index (χ2v) is 9.62. The monoisotopic (exact) mass is 535 g/mol. The van der Waals surface area contributed by atoms with Crippen LogP contribution in [0.25, 0.3) is 0 Å². The molecular weight excluding hydrogens is 499 g/mol. The van der Waals surface area contributed by atoms with Crippen LogP contribution >= 0.6 is 12.6 Å². The van der Waals surface area contributed by atoms with E-state index in [1.807, 2.05) is 5.32 Å². The first-order valence-electron chi connectivity index (χ1n) is 11.3. The van der Waals surface area contributed by atoms with Gasteiger partial charge >= 0.3 is 23.9 Å². The minimum atomic E-state index is -6.92. The fraction of sp³-hybridized carbons (Fsp3) is 0.952. The Morgan fingerprint density at radius 3 is 1.62 bits per heavy atom. The lowest BCUT2D eigenvalue weighted by atomic mass is 10.0. The van der Waals surface area contributed by atoms with Crippen LogP contribution < -0.4 is 5.32 Å². The lowest BCUT2D eigenvalue weighted by Gasteiger charge is -2.33. The largest absolute Gasteiger partial charge is 0.460 e. The van der Waals surface area contributed by atoms with Gasteiger partial charge in [0.15, 0.2) is 6.54 Å². The number of carbonyl (C=O) groups excluding carboxylic acids is 1. The van der Waals surface area contributed by atoms with Gasteiger partial charge in [0, 0.05) is 13.0 Å². The fourth-order valence-electron chi connectivity index (χ4n) is 3.34. The smallest absolute Gasteiger partial charge is 0.351 e. The van der Waals surface area contributed by atoms with E-state index in [0.717, 1.165) is 44.3 Å². The van der Waals surface area contributed by atoms with Crippen LogP contribution in [0.2, 0.25) is 0 Å². The Balaban J connectivity index is 4.32. The topological polar surface area (TPSA) is 29.1 Å². The highest BCUT2D eigenvalue weighted by atomic mass is 32.1. The standard InChI is InChI=1S/C21H35F9N2OS/c1-32(2,14-10-8-6-4-3-5-7-9-11-15-34)16-17(33)31-13-12-18(22,23)19(24,25)20(26,27)21(28,29)30/h3-16H2,1-2H3,(H-,31,33,34)/p+1. The van der Waals surface area contributed by atoms with Gasteiger partial charge in [-0.05, 0) is 25.0 Å². The zero-order valence-electron chi connectivity index (χ0n) is 19.6. The van der Waals surface area contributed by atoms with E-state index in [-0.39, 0.29) is 11.0 Å². The third-order valence-corrected chi connectivity index (χ3v) is 5.78. The number of thiol groups is 1. The number of carbonyl (C=O) groups is 1. The van der Waals surface area contributed by atoms with Crippen molar-refractivity contribution in [3.63, 3.8) is 0 Å². The Bertz CT molecular complexity index is 599. The number of alkyl halides is 9. The van der Waals surface area contributed by atoms with Gasteiger partial charge in [-0.2, -0.15) is 52.1 Å². The molecule has 34 heavy (non-hydrogen) atoms. The Morgan fingerprint density at radius 1 is 0.735 bits per heavy atom. The summed E-state index contributed by atoms with van der Waals surface area (Å²) in [5.74, 6) is -19.2. The molecule has 0 fully saturated rings. The summed E-state index contributed by atoms with van der Waals surface area (Å²) in [6.45, 7) is -0.781. The van der Waals surface area contributed by atoms with Crippen LogP contribution in [0.15, 0.2) is 0 Å². The summed E-state index contributed by atoms with van der Waals surface area (Å²) < 4.78 is 116. The third kappa shape index (κ3) is 10.8. The summed E-state index contributed by atoms with van der Waals surface area (Å²) >= 11 is 4.16. The number of quaternary nitrogens is 1. The highest BCUT2D eigenvalue weighted by Gasteiger charge is 2.81. The van der Waals surface area contributed by atoms with Crippen molar-refractivity contribution in [2.45, 2.75) is 88.2 Å². The second-order valence-electron chi connectivity index (χ2n) is 9.17. The summed E-state index contributed by atoms with van der Waals surface area (Å²) in [7, 11) is 3.40. The van der Waals surface area contributed by atoms with Crippen LogP contribution in [-0.2, 0) is 4.79 Å². The van der Waals surface area contributed by atoms with Crippen molar-refractivity contribution in [1.82, 2.24) is 5.32 Å². The van der Waals surface area contributed by atoms with Crippen LogP contribution in [0.1, 0.15) is 64.2 Å². The highest BCUT2D eigenvalue weighted by Crippen LogP contribution is 2.53. The molecule has 3 nitrogen and oxygen atoms in total. The van der Waals surface area contributed by atoms with Crippen molar-refractivity contribution in [2.75, 3.05) is 39.5 Å². The average molecular weight is 536 g/mol. The molecule has 0 heterocycles. The first-order chi connectivity index (χ1) is 15.4. The molecule has 13 heteroatoms. The zero-order valence-corrected chi connectivity index (χ0v) is 20.5.